The van der Waals surface area contributed by atoms with Crippen molar-refractivity contribution in [2.75, 3.05) is 198 Å². The standard InChI is InChI=1S/C69H132N8O31/c1-4-22-104-68(2,3)105-29-21-76-51(81)13-11-9-7-5-6-8-10-12-14-55(85)77-69(45-98-23-15-52(82)73-18-26-92-30-33-95-36-39-101-65-56(70)62(89)59(86)48(42-78)106-65,46-99-24-16-53(83)74-19-27-93-31-34-96-37-40-102-66-57(71)63(90)60(87)49(43-79)107-66)47-100-25-17-54(84)75-20-28-94-32-35-97-38-41-103-67-58(72)64(91)61(88)50(44-80)108-67/h48-50,56-67,78-80,86-91H,4-47,70-72H2,1-3H3,(H,73,82)(H,74,83)(H,75,84)(H,76,81)(H,77,85). The van der Waals surface area contributed by atoms with E-state index in [4.69, 9.17) is 97.7 Å². The van der Waals surface area contributed by atoms with Crippen LogP contribution in [0.4, 0.5) is 0 Å². The Hall–Kier alpha value is -3.81. The highest BCUT2D eigenvalue weighted by molar-refractivity contribution is 5.78. The molecule has 0 radical (unpaired) electrons. The van der Waals surface area contributed by atoms with Gasteiger partial charge in [-0.2, -0.15) is 0 Å². The number of aliphatic hydroxyl groups excluding tert-OH is 9. The van der Waals surface area contributed by atoms with Crippen LogP contribution >= 0.6 is 0 Å². The molecule has 3 rings (SSSR count). The maximum Gasteiger partial charge on any atom is 0.222 e. The van der Waals surface area contributed by atoms with E-state index < -0.39 is 123 Å². The zero-order valence-electron chi connectivity index (χ0n) is 63.5. The van der Waals surface area contributed by atoms with Gasteiger partial charge in [-0.25, -0.2) is 0 Å². The first-order valence-electron chi connectivity index (χ1n) is 37.9. The van der Waals surface area contributed by atoms with Gasteiger partial charge in [0.15, 0.2) is 24.7 Å². The number of nitrogens with one attached hydrogen (secondary N) is 5. The smallest absolute Gasteiger partial charge is 0.222 e. The zero-order chi connectivity index (χ0) is 79.2. The summed E-state index contributed by atoms with van der Waals surface area (Å²) in [5.41, 5.74) is 16.3. The van der Waals surface area contributed by atoms with Crippen LogP contribution in [-0.2, 0) is 104 Å². The maximum atomic E-state index is 13.9. The van der Waals surface area contributed by atoms with E-state index in [1.165, 1.54) is 0 Å². The van der Waals surface area contributed by atoms with Crippen molar-refractivity contribution in [1.82, 2.24) is 26.6 Å². The number of hydrogen-bond acceptors (Lipinski definition) is 34. The second kappa shape index (κ2) is 59.8. The summed E-state index contributed by atoms with van der Waals surface area (Å²) >= 11 is 0. The highest BCUT2D eigenvalue weighted by Crippen LogP contribution is 2.24. The SMILES string of the molecule is CCCOC(C)(C)OCCNC(=O)CCCCCCCCCCC(=O)NC(COCCC(=O)NCCOCCOCCOC1OC(CO)C(O)C(O)C1N)(COCCC(=O)NCCOCCOCCOC1OC(CO)C(O)C(O)C1N)COCCC(=O)NCCOCCOCCOC1OC(CO)C(O)C(O)C1N. The van der Waals surface area contributed by atoms with Crippen molar-refractivity contribution in [3.05, 3.63) is 0 Å². The number of carbonyl (C=O) groups excluding carboxylic acids is 5. The van der Waals surface area contributed by atoms with Crippen molar-refractivity contribution in [3.8, 4) is 0 Å². The first kappa shape index (κ1) is 98.4. The molecule has 0 spiro atoms. The summed E-state index contributed by atoms with van der Waals surface area (Å²) < 4.78 is 95.9. The molecule has 3 heterocycles. The lowest BCUT2D eigenvalue weighted by Gasteiger charge is -2.40. The first-order chi connectivity index (χ1) is 52.0. The van der Waals surface area contributed by atoms with Crippen LogP contribution < -0.4 is 43.8 Å². The molecule has 3 fully saturated rings. The number of aliphatic hydroxyl groups is 9. The van der Waals surface area contributed by atoms with Crippen LogP contribution in [0.5, 0.6) is 0 Å². The Balaban J connectivity index is 1.52. The first-order valence-corrected chi connectivity index (χ1v) is 37.9. The van der Waals surface area contributed by atoms with E-state index >= 15 is 0 Å². The number of unbranched alkanes of at least 4 members (excludes halogenated alkanes) is 7. The fourth-order valence-electron chi connectivity index (χ4n) is 10.9. The Morgan fingerprint density at radius 2 is 0.620 bits per heavy atom. The molecule has 3 aliphatic heterocycles. The van der Waals surface area contributed by atoms with Gasteiger partial charge >= 0.3 is 0 Å². The van der Waals surface area contributed by atoms with E-state index in [1.807, 2.05) is 20.8 Å². The Morgan fingerprint density at radius 1 is 0.343 bits per heavy atom. The molecule has 5 amide bonds. The highest BCUT2D eigenvalue weighted by Gasteiger charge is 2.45. The molecule has 39 nitrogen and oxygen atoms in total. The van der Waals surface area contributed by atoms with E-state index in [-0.39, 0.29) is 214 Å². The summed E-state index contributed by atoms with van der Waals surface area (Å²) in [6, 6.07) is -3.12. The Labute approximate surface area is 633 Å². The van der Waals surface area contributed by atoms with Gasteiger partial charge in [0.2, 0.25) is 29.5 Å². The molecule has 634 valence electrons. The molecule has 0 saturated carbocycles. The average Bonchev–Trinajstić information content (AvgIpc) is 0.832. The molecule has 0 bridgehead atoms. The van der Waals surface area contributed by atoms with Crippen molar-refractivity contribution in [3.63, 3.8) is 0 Å². The van der Waals surface area contributed by atoms with E-state index in [1.54, 1.807) is 0 Å². The number of rotatable bonds is 67. The van der Waals surface area contributed by atoms with Gasteiger partial charge in [0, 0.05) is 64.9 Å². The van der Waals surface area contributed by atoms with Crippen LogP contribution in [0.2, 0.25) is 0 Å². The molecule has 15 atom stereocenters. The normalized spacial score (nSPS) is 25.2. The molecule has 15 unspecified atom stereocenters. The van der Waals surface area contributed by atoms with Gasteiger partial charge in [0.1, 0.15) is 60.5 Å². The third-order valence-corrected chi connectivity index (χ3v) is 17.2. The summed E-state index contributed by atoms with van der Waals surface area (Å²) in [6.07, 6.45) is -6.48. The van der Waals surface area contributed by atoms with Crippen LogP contribution in [0.1, 0.15) is 111 Å². The number of hydrogen-bond donors (Lipinski definition) is 17. The molecular weight excluding hydrogens is 1440 g/mol. The van der Waals surface area contributed by atoms with Crippen LogP contribution in [0.25, 0.3) is 0 Å². The van der Waals surface area contributed by atoms with Crippen LogP contribution in [0.3, 0.4) is 0 Å². The minimum Gasteiger partial charge on any atom is -0.394 e. The van der Waals surface area contributed by atoms with Crippen molar-refractivity contribution in [1.29, 1.82) is 0 Å². The number of nitrogens with two attached hydrogens (primary N) is 3. The van der Waals surface area contributed by atoms with E-state index in [9.17, 15) is 69.9 Å². The van der Waals surface area contributed by atoms with Crippen molar-refractivity contribution < 1.29 is 150 Å². The second-order valence-corrected chi connectivity index (χ2v) is 26.7. The predicted octanol–water partition coefficient (Wildman–Crippen LogP) is -5.95. The molecule has 39 heteroatoms. The number of amides is 5. The second-order valence-electron chi connectivity index (χ2n) is 26.7. The Kier molecular flexibility index (Phi) is 54.5. The fraction of sp³-hybridized carbons (Fsp3) is 0.928. The van der Waals surface area contributed by atoms with Gasteiger partial charge < -0.3 is 170 Å². The third kappa shape index (κ3) is 42.9. The van der Waals surface area contributed by atoms with Gasteiger partial charge in [-0.3, -0.25) is 24.0 Å². The van der Waals surface area contributed by atoms with Crippen LogP contribution in [0, 0.1) is 0 Å². The molecule has 0 aromatic heterocycles. The molecule has 0 aromatic carbocycles. The minimum absolute atomic E-state index is 0.0225. The molecular formula is C69H132N8O31. The van der Waals surface area contributed by atoms with Crippen LogP contribution in [0.15, 0.2) is 0 Å². The largest absolute Gasteiger partial charge is 0.394 e. The summed E-state index contributed by atoms with van der Waals surface area (Å²) in [7, 11) is 0. The molecule has 0 aromatic rings. The Morgan fingerprint density at radius 3 is 0.944 bits per heavy atom. The zero-order valence-corrected chi connectivity index (χ0v) is 63.5. The van der Waals surface area contributed by atoms with Gasteiger partial charge in [0.05, 0.1) is 183 Å². The van der Waals surface area contributed by atoms with Crippen LogP contribution in [-0.4, -0.2) is 377 Å². The van der Waals surface area contributed by atoms with E-state index in [0.717, 1.165) is 51.4 Å². The highest BCUT2D eigenvalue weighted by atomic mass is 16.7. The van der Waals surface area contributed by atoms with Gasteiger partial charge in [-0.15, -0.1) is 0 Å². The quantitative estimate of drug-likeness (QED) is 0.0199. The molecule has 108 heavy (non-hydrogen) atoms. The molecule has 0 aliphatic carbocycles. The fourth-order valence-corrected chi connectivity index (χ4v) is 10.9. The lowest BCUT2D eigenvalue weighted by Crippen LogP contribution is -2.62. The van der Waals surface area contributed by atoms with Crippen molar-refractivity contribution in [2.45, 2.75) is 214 Å². The number of ether oxygens (including phenoxy) is 17. The molecule has 20 N–H and O–H groups in total. The van der Waals surface area contributed by atoms with E-state index in [0.29, 0.717) is 32.6 Å². The third-order valence-electron chi connectivity index (χ3n) is 17.2. The predicted molar refractivity (Wildman–Crippen MR) is 382 cm³/mol. The van der Waals surface area contributed by atoms with Gasteiger partial charge in [-0.1, -0.05) is 45.4 Å². The average molecular weight is 1570 g/mol. The lowest BCUT2D eigenvalue weighted by molar-refractivity contribution is -0.267. The summed E-state index contributed by atoms with van der Waals surface area (Å²) in [4.78, 5) is 65.2. The topological polar surface area (TPSA) is 563 Å². The summed E-state index contributed by atoms with van der Waals surface area (Å²) in [6.45, 7) is 7.17. The number of carbonyl (C=O) groups is 5. The monoisotopic (exact) mass is 1570 g/mol. The maximum absolute atomic E-state index is 13.9. The van der Waals surface area contributed by atoms with E-state index in [2.05, 4.69) is 26.6 Å². The van der Waals surface area contributed by atoms with Gasteiger partial charge in [-0.05, 0) is 33.1 Å². The minimum atomic E-state index is -1.37. The summed E-state index contributed by atoms with van der Waals surface area (Å²) in [5.74, 6) is -2.13. The molecule has 3 saturated heterocycles. The lowest BCUT2D eigenvalue weighted by atomic mass is 9.98. The Bertz CT molecular complexity index is 2140. The summed E-state index contributed by atoms with van der Waals surface area (Å²) in [5, 5.41) is 103. The van der Waals surface area contributed by atoms with Gasteiger partial charge in [0.25, 0.3) is 0 Å². The molecule has 3 aliphatic rings. The van der Waals surface area contributed by atoms with Crippen molar-refractivity contribution in [2.24, 2.45) is 17.2 Å². The van der Waals surface area contributed by atoms with Crippen molar-refractivity contribution >= 4 is 29.5 Å².